The molecule has 0 aliphatic carbocycles. The first kappa shape index (κ1) is 25.5. The lowest BCUT2D eigenvalue weighted by Gasteiger charge is -2.24. The molecule has 0 aromatic heterocycles. The number of amides is 1. The van der Waals surface area contributed by atoms with Crippen LogP contribution in [0.25, 0.3) is 10.8 Å². The molecule has 0 radical (unpaired) electrons. The van der Waals surface area contributed by atoms with Crippen molar-refractivity contribution in [1.82, 2.24) is 5.43 Å². The van der Waals surface area contributed by atoms with Gasteiger partial charge in [-0.1, -0.05) is 71.7 Å². The fraction of sp³-hybridized carbons (Fsp3) is 0.0769. The van der Waals surface area contributed by atoms with Gasteiger partial charge in [-0.2, -0.15) is 5.10 Å². The minimum Gasteiger partial charge on any atom is -0.507 e. The molecular formula is C26H21Cl2N3O4S. The Labute approximate surface area is 218 Å². The summed E-state index contributed by atoms with van der Waals surface area (Å²) in [6, 6.07) is 22.1. The molecule has 1 amide bonds. The van der Waals surface area contributed by atoms with Gasteiger partial charge >= 0.3 is 0 Å². The number of carbonyl (C=O) groups excluding carboxylic acids is 1. The average Bonchev–Trinajstić information content (AvgIpc) is 2.85. The zero-order valence-electron chi connectivity index (χ0n) is 19.0. The van der Waals surface area contributed by atoms with E-state index in [1.54, 1.807) is 54.6 Å². The zero-order chi connectivity index (χ0) is 25.9. The number of sulfonamides is 1. The van der Waals surface area contributed by atoms with Gasteiger partial charge in [0, 0.05) is 11.1 Å². The van der Waals surface area contributed by atoms with Crippen LogP contribution in [0.4, 0.5) is 5.69 Å². The number of anilines is 1. The van der Waals surface area contributed by atoms with Crippen molar-refractivity contribution < 1.29 is 18.3 Å². The molecule has 2 N–H and O–H groups in total. The number of carbonyl (C=O) groups is 1. The second-order valence-corrected chi connectivity index (χ2v) is 10.7. The maximum Gasteiger partial charge on any atom is 0.271 e. The highest BCUT2D eigenvalue weighted by atomic mass is 35.5. The first-order valence-corrected chi connectivity index (χ1v) is 13.3. The molecule has 0 unspecified atom stereocenters. The van der Waals surface area contributed by atoms with Gasteiger partial charge in [-0.05, 0) is 46.7 Å². The molecule has 7 nitrogen and oxygen atoms in total. The second-order valence-electron chi connectivity index (χ2n) is 7.96. The third kappa shape index (κ3) is 5.62. The Hall–Kier alpha value is -3.59. The van der Waals surface area contributed by atoms with Crippen LogP contribution in [0.1, 0.15) is 21.5 Å². The highest BCUT2D eigenvalue weighted by Gasteiger charge is 2.21. The maximum atomic E-state index is 12.6. The summed E-state index contributed by atoms with van der Waals surface area (Å²) in [5.74, 6) is -0.415. The van der Waals surface area contributed by atoms with Crippen LogP contribution in [-0.4, -0.2) is 31.9 Å². The van der Waals surface area contributed by atoms with Gasteiger partial charge in [0.25, 0.3) is 5.91 Å². The number of nitrogens with one attached hydrogen (secondary N) is 1. The van der Waals surface area contributed by atoms with E-state index in [0.717, 1.165) is 21.3 Å². The Bertz CT molecular complexity index is 1570. The van der Waals surface area contributed by atoms with Gasteiger partial charge in [0.05, 0.1) is 34.7 Å². The number of phenolic OH excluding ortho intramolecular Hbond substituents is 1. The minimum absolute atomic E-state index is 0.000689. The van der Waals surface area contributed by atoms with E-state index in [9.17, 15) is 18.3 Å². The van der Waals surface area contributed by atoms with Gasteiger partial charge in [-0.3, -0.25) is 9.10 Å². The van der Waals surface area contributed by atoms with Crippen molar-refractivity contribution in [3.63, 3.8) is 0 Å². The van der Waals surface area contributed by atoms with Gasteiger partial charge in [-0.15, -0.1) is 0 Å². The number of hydrogen-bond donors (Lipinski definition) is 2. The molecule has 184 valence electrons. The van der Waals surface area contributed by atoms with E-state index < -0.39 is 15.9 Å². The van der Waals surface area contributed by atoms with Crippen molar-refractivity contribution in [2.24, 2.45) is 5.10 Å². The van der Waals surface area contributed by atoms with E-state index in [0.29, 0.717) is 16.7 Å². The summed E-state index contributed by atoms with van der Waals surface area (Å²) in [7, 11) is -3.67. The molecule has 0 bridgehead atoms. The minimum atomic E-state index is -3.67. The van der Waals surface area contributed by atoms with Gasteiger partial charge in [0.1, 0.15) is 5.75 Å². The van der Waals surface area contributed by atoms with E-state index in [-0.39, 0.29) is 28.0 Å². The monoisotopic (exact) mass is 541 g/mol. The van der Waals surface area contributed by atoms with E-state index in [1.165, 1.54) is 6.21 Å². The summed E-state index contributed by atoms with van der Waals surface area (Å²) in [6.45, 7) is -0.000689. The lowest BCUT2D eigenvalue weighted by atomic mass is 10.0. The fourth-order valence-corrected chi connectivity index (χ4v) is 4.97. The number of aromatic hydroxyl groups is 1. The number of phenols is 1. The summed E-state index contributed by atoms with van der Waals surface area (Å²) in [5.41, 5.74) is 4.16. The molecule has 10 heteroatoms. The van der Waals surface area contributed by atoms with Crippen LogP contribution in [-0.2, 0) is 16.6 Å². The molecule has 0 fully saturated rings. The van der Waals surface area contributed by atoms with E-state index in [1.807, 2.05) is 24.3 Å². The van der Waals surface area contributed by atoms with Gasteiger partial charge < -0.3 is 5.11 Å². The van der Waals surface area contributed by atoms with Crippen molar-refractivity contribution in [3.05, 3.63) is 106 Å². The summed E-state index contributed by atoms with van der Waals surface area (Å²) < 4.78 is 26.0. The van der Waals surface area contributed by atoms with Gasteiger partial charge in [-0.25, -0.2) is 13.8 Å². The normalized spacial score (nSPS) is 11.6. The Balaban J connectivity index is 1.49. The molecule has 4 aromatic rings. The van der Waals surface area contributed by atoms with Crippen LogP contribution in [0.2, 0.25) is 10.0 Å². The largest absolute Gasteiger partial charge is 0.507 e. The fourth-order valence-electron chi connectivity index (χ4n) is 3.63. The van der Waals surface area contributed by atoms with Crippen LogP contribution in [0, 0.1) is 0 Å². The van der Waals surface area contributed by atoms with Crippen molar-refractivity contribution in [2.45, 2.75) is 6.54 Å². The number of halogens is 2. The Morgan fingerprint density at radius 1 is 1.00 bits per heavy atom. The Morgan fingerprint density at radius 2 is 1.72 bits per heavy atom. The lowest BCUT2D eigenvalue weighted by molar-refractivity contribution is 0.0955. The SMILES string of the molecule is CS(=O)(=O)N(Cc1ccc(C(=O)N/N=C\c2c(O)ccc3ccccc23)cc1)c1cccc(Cl)c1Cl. The summed E-state index contributed by atoms with van der Waals surface area (Å²) >= 11 is 12.3. The van der Waals surface area contributed by atoms with Crippen LogP contribution < -0.4 is 9.73 Å². The van der Waals surface area contributed by atoms with Crippen molar-refractivity contribution in [3.8, 4) is 5.75 Å². The zero-order valence-corrected chi connectivity index (χ0v) is 21.3. The number of hydrazone groups is 1. The van der Waals surface area contributed by atoms with E-state index in [4.69, 9.17) is 23.2 Å². The molecule has 0 heterocycles. The number of nitrogens with zero attached hydrogens (tertiary/aromatic N) is 2. The molecule has 0 saturated heterocycles. The van der Waals surface area contributed by atoms with Crippen LogP contribution in [0.15, 0.2) is 84.0 Å². The number of benzene rings is 4. The summed E-state index contributed by atoms with van der Waals surface area (Å²) in [4.78, 5) is 12.6. The van der Waals surface area contributed by atoms with Crippen molar-refractivity contribution in [1.29, 1.82) is 0 Å². The van der Waals surface area contributed by atoms with Gasteiger partial charge in [0.2, 0.25) is 10.0 Å². The molecule has 4 rings (SSSR count). The smallest absolute Gasteiger partial charge is 0.271 e. The number of rotatable bonds is 7. The summed E-state index contributed by atoms with van der Waals surface area (Å²) in [5, 5.41) is 16.3. The Morgan fingerprint density at radius 3 is 2.44 bits per heavy atom. The molecule has 0 aliphatic rings. The highest BCUT2D eigenvalue weighted by molar-refractivity contribution is 7.92. The van der Waals surface area contributed by atoms with Crippen LogP contribution in [0.5, 0.6) is 5.75 Å². The Kier molecular flexibility index (Phi) is 7.49. The first-order valence-electron chi connectivity index (χ1n) is 10.7. The number of fused-ring (bicyclic) bond motifs is 1. The molecule has 0 saturated carbocycles. The van der Waals surface area contributed by atoms with Crippen LogP contribution in [0.3, 0.4) is 0 Å². The molecular weight excluding hydrogens is 521 g/mol. The third-order valence-electron chi connectivity index (χ3n) is 5.45. The average molecular weight is 542 g/mol. The third-order valence-corrected chi connectivity index (χ3v) is 7.39. The van der Waals surface area contributed by atoms with Gasteiger partial charge in [0.15, 0.2) is 0 Å². The lowest BCUT2D eigenvalue weighted by Crippen LogP contribution is -2.29. The molecule has 0 spiro atoms. The van der Waals surface area contributed by atoms with Crippen molar-refractivity contribution in [2.75, 3.05) is 10.6 Å². The highest BCUT2D eigenvalue weighted by Crippen LogP contribution is 2.34. The summed E-state index contributed by atoms with van der Waals surface area (Å²) in [6.07, 6.45) is 2.47. The quantitative estimate of drug-likeness (QED) is 0.235. The molecule has 0 atom stereocenters. The standard InChI is InChI=1S/C26H21Cl2N3O4S/c1-36(34,35)31(23-8-4-7-22(27)25(23)28)16-17-9-11-19(12-10-17)26(33)30-29-15-21-20-6-3-2-5-18(20)13-14-24(21)32/h2-15,32H,16H2,1H3,(H,30,33)/b29-15-. The first-order chi connectivity index (χ1) is 17.1. The second kappa shape index (κ2) is 10.6. The molecule has 0 aliphatic heterocycles. The van der Waals surface area contributed by atoms with E-state index in [2.05, 4.69) is 10.5 Å². The van der Waals surface area contributed by atoms with Crippen molar-refractivity contribution >= 4 is 61.8 Å². The predicted octanol–water partition coefficient (Wildman–Crippen LogP) is 5.58. The molecule has 36 heavy (non-hydrogen) atoms. The topological polar surface area (TPSA) is 99.1 Å². The molecule has 4 aromatic carbocycles. The number of hydrogen-bond acceptors (Lipinski definition) is 5. The predicted molar refractivity (Wildman–Crippen MR) is 145 cm³/mol. The van der Waals surface area contributed by atoms with E-state index >= 15 is 0 Å². The maximum absolute atomic E-state index is 12.6. The van der Waals surface area contributed by atoms with Crippen LogP contribution >= 0.6 is 23.2 Å².